The molecule has 7 nitrogen and oxygen atoms in total. The van der Waals surface area contributed by atoms with Gasteiger partial charge in [0.1, 0.15) is 11.4 Å². The van der Waals surface area contributed by atoms with Crippen molar-refractivity contribution in [1.29, 1.82) is 0 Å². The molecule has 0 bridgehead atoms. The van der Waals surface area contributed by atoms with Crippen LogP contribution in [0.5, 0.6) is 0 Å². The summed E-state index contributed by atoms with van der Waals surface area (Å²) in [4.78, 5) is 17.1. The first-order valence-corrected chi connectivity index (χ1v) is 11.0. The molecule has 30 heavy (non-hydrogen) atoms. The Bertz CT molecular complexity index is 1260. The minimum atomic E-state index is -0.444. The number of thioether (sulfide) groups is 1. The van der Waals surface area contributed by atoms with Gasteiger partial charge in [0.25, 0.3) is 5.69 Å². The maximum atomic E-state index is 11.3. The van der Waals surface area contributed by atoms with Crippen LogP contribution < -0.4 is 4.80 Å². The number of nitrogens with zero attached hydrogens (tertiary/aromatic N) is 4. The van der Waals surface area contributed by atoms with Gasteiger partial charge in [-0.2, -0.15) is 5.10 Å². The minimum Gasteiger partial charge on any atom is -0.463 e. The molecule has 0 saturated carbocycles. The lowest BCUT2D eigenvalue weighted by Gasteiger charge is -2.01. The molecular formula is C21H16N4O3S2. The number of benzene rings is 2. The number of hydrogen-bond donors (Lipinski definition) is 0. The van der Waals surface area contributed by atoms with E-state index in [0.717, 1.165) is 5.56 Å². The predicted molar refractivity (Wildman–Crippen MR) is 120 cm³/mol. The van der Waals surface area contributed by atoms with Crippen molar-refractivity contribution in [3.05, 3.63) is 92.8 Å². The zero-order valence-corrected chi connectivity index (χ0v) is 17.5. The molecule has 0 atom stereocenters. The van der Waals surface area contributed by atoms with Crippen molar-refractivity contribution in [3.63, 3.8) is 0 Å². The summed E-state index contributed by atoms with van der Waals surface area (Å²) in [5.41, 5.74) is 1.84. The summed E-state index contributed by atoms with van der Waals surface area (Å²) in [6, 6.07) is 18.0. The van der Waals surface area contributed by atoms with Gasteiger partial charge in [-0.1, -0.05) is 24.3 Å². The van der Waals surface area contributed by atoms with E-state index in [9.17, 15) is 10.1 Å². The summed E-state index contributed by atoms with van der Waals surface area (Å²) >= 11 is 3.00. The van der Waals surface area contributed by atoms with Gasteiger partial charge in [0, 0.05) is 16.3 Å². The van der Waals surface area contributed by atoms with E-state index in [1.807, 2.05) is 42.0 Å². The maximum Gasteiger partial charge on any atom is 0.294 e. The topological polar surface area (TPSA) is 85.9 Å². The first kappa shape index (κ1) is 19.9. The molecule has 0 amide bonds. The van der Waals surface area contributed by atoms with E-state index >= 15 is 0 Å². The molecule has 2 aromatic carbocycles. The van der Waals surface area contributed by atoms with Gasteiger partial charge in [-0.3, -0.25) is 10.1 Å². The Morgan fingerprint density at radius 3 is 2.63 bits per heavy atom. The van der Waals surface area contributed by atoms with Crippen molar-refractivity contribution >= 4 is 40.7 Å². The summed E-state index contributed by atoms with van der Waals surface area (Å²) in [5, 5.41) is 17.8. The normalized spacial score (nSPS) is 12.0. The molecule has 0 aliphatic carbocycles. The molecule has 0 N–H and O–H groups in total. The molecule has 0 unspecified atom stereocenters. The molecule has 0 spiro atoms. The van der Waals surface area contributed by atoms with Crippen LogP contribution in [0.15, 0.2) is 91.7 Å². The number of para-hydroxylation sites is 2. The third-order valence-electron chi connectivity index (χ3n) is 4.19. The Morgan fingerprint density at radius 2 is 1.93 bits per heavy atom. The molecule has 0 fully saturated rings. The molecule has 0 aliphatic rings. The summed E-state index contributed by atoms with van der Waals surface area (Å²) < 4.78 is 7.16. The van der Waals surface area contributed by atoms with Crippen molar-refractivity contribution in [2.45, 2.75) is 4.90 Å². The number of nitro benzene ring substituents is 1. The van der Waals surface area contributed by atoms with Gasteiger partial charge in [0.15, 0.2) is 5.76 Å². The number of furan rings is 1. The highest BCUT2D eigenvalue weighted by molar-refractivity contribution is 7.98. The fourth-order valence-corrected chi connectivity index (χ4v) is 3.95. The molecule has 2 aromatic heterocycles. The quantitative estimate of drug-likeness (QED) is 0.171. The highest BCUT2D eigenvalue weighted by atomic mass is 32.2. The van der Waals surface area contributed by atoms with E-state index in [1.54, 1.807) is 53.2 Å². The van der Waals surface area contributed by atoms with E-state index in [4.69, 9.17) is 4.42 Å². The molecule has 9 heteroatoms. The number of thiazole rings is 1. The second-order valence-electron chi connectivity index (χ2n) is 6.07. The summed E-state index contributed by atoms with van der Waals surface area (Å²) in [6.07, 6.45) is 5.33. The lowest BCUT2D eigenvalue weighted by molar-refractivity contribution is -0.384. The largest absolute Gasteiger partial charge is 0.463 e. The van der Waals surface area contributed by atoms with E-state index < -0.39 is 4.92 Å². The molecule has 0 radical (unpaired) electrons. The van der Waals surface area contributed by atoms with Gasteiger partial charge >= 0.3 is 0 Å². The van der Waals surface area contributed by atoms with Crippen molar-refractivity contribution in [3.8, 4) is 11.5 Å². The molecule has 2 heterocycles. The zero-order valence-electron chi connectivity index (χ0n) is 15.8. The van der Waals surface area contributed by atoms with Crippen molar-refractivity contribution in [2.75, 3.05) is 6.26 Å². The average Bonchev–Trinajstić information content (AvgIpc) is 3.43. The van der Waals surface area contributed by atoms with Gasteiger partial charge in [-0.25, -0.2) is 9.67 Å². The Labute approximate surface area is 180 Å². The molecular weight excluding hydrogens is 420 g/mol. The van der Waals surface area contributed by atoms with Gasteiger partial charge in [-0.15, -0.1) is 23.1 Å². The van der Waals surface area contributed by atoms with Crippen molar-refractivity contribution < 1.29 is 9.34 Å². The molecule has 4 aromatic rings. The smallest absolute Gasteiger partial charge is 0.294 e. The van der Waals surface area contributed by atoms with Crippen LogP contribution in [-0.2, 0) is 0 Å². The summed E-state index contributed by atoms with van der Waals surface area (Å²) in [6.45, 7) is 0. The first-order chi connectivity index (χ1) is 14.7. The molecule has 0 saturated heterocycles. The second-order valence-corrected chi connectivity index (χ2v) is 7.78. The molecule has 0 aliphatic heterocycles. The van der Waals surface area contributed by atoms with E-state index in [0.29, 0.717) is 16.3 Å². The average molecular weight is 437 g/mol. The standard InChI is InChI=1S/C21H16N4O3S2/c1-29-16-10-8-15(9-11-16)13-22-24-19(20-7-4-12-28-20)14-30-21(24)23-17-5-2-3-6-18(17)25(26)27/h2-14H,1H3. The van der Waals surface area contributed by atoms with Gasteiger partial charge in [0.05, 0.1) is 17.4 Å². The fraction of sp³-hybridized carbons (Fsp3) is 0.0476. The lowest BCUT2D eigenvalue weighted by Crippen LogP contribution is -2.11. The Morgan fingerprint density at radius 1 is 1.13 bits per heavy atom. The van der Waals surface area contributed by atoms with Crippen LogP contribution in [0.2, 0.25) is 0 Å². The van der Waals surface area contributed by atoms with Crippen LogP contribution in [0.4, 0.5) is 11.4 Å². The van der Waals surface area contributed by atoms with Crippen LogP contribution in [-0.4, -0.2) is 22.1 Å². The maximum absolute atomic E-state index is 11.3. The Balaban J connectivity index is 1.82. The monoisotopic (exact) mass is 436 g/mol. The highest BCUT2D eigenvalue weighted by Crippen LogP contribution is 2.27. The lowest BCUT2D eigenvalue weighted by atomic mass is 10.2. The van der Waals surface area contributed by atoms with Gasteiger partial charge < -0.3 is 4.42 Å². The first-order valence-electron chi connectivity index (χ1n) is 8.86. The SMILES string of the molecule is CSc1ccc(C=Nn2c(-c3ccco3)csc2=Nc2ccccc2[N+](=O)[O-])cc1. The molecule has 150 valence electrons. The summed E-state index contributed by atoms with van der Waals surface area (Å²) in [5.74, 6) is 0.630. The van der Waals surface area contributed by atoms with Crippen LogP contribution in [0.25, 0.3) is 11.5 Å². The zero-order chi connectivity index (χ0) is 20.9. The van der Waals surface area contributed by atoms with E-state index in [1.165, 1.54) is 22.3 Å². The van der Waals surface area contributed by atoms with E-state index in [-0.39, 0.29) is 11.4 Å². The number of aromatic nitrogens is 1. The number of rotatable bonds is 6. The van der Waals surface area contributed by atoms with Crippen molar-refractivity contribution in [1.82, 2.24) is 4.68 Å². The van der Waals surface area contributed by atoms with Crippen molar-refractivity contribution in [2.24, 2.45) is 10.1 Å². The van der Waals surface area contributed by atoms with Crippen LogP contribution in [0.3, 0.4) is 0 Å². The third kappa shape index (κ3) is 4.27. The Hall–Kier alpha value is -3.43. The van der Waals surface area contributed by atoms with Gasteiger partial charge in [-0.05, 0) is 42.2 Å². The fourth-order valence-electron chi connectivity index (χ4n) is 2.71. The van der Waals surface area contributed by atoms with E-state index in [2.05, 4.69) is 10.1 Å². The van der Waals surface area contributed by atoms with Crippen LogP contribution in [0, 0.1) is 10.1 Å². The van der Waals surface area contributed by atoms with Gasteiger partial charge in [0.2, 0.25) is 4.80 Å². The van der Waals surface area contributed by atoms with Crippen LogP contribution >= 0.6 is 23.1 Å². The second kappa shape index (κ2) is 8.93. The number of hydrogen-bond acceptors (Lipinski definition) is 7. The highest BCUT2D eigenvalue weighted by Gasteiger charge is 2.14. The Kier molecular flexibility index (Phi) is 5.92. The summed E-state index contributed by atoms with van der Waals surface area (Å²) in [7, 11) is 0. The molecule has 4 rings (SSSR count). The number of nitro groups is 1. The van der Waals surface area contributed by atoms with Crippen LogP contribution in [0.1, 0.15) is 5.56 Å². The predicted octanol–water partition coefficient (Wildman–Crippen LogP) is 5.55. The minimum absolute atomic E-state index is 0.0615. The third-order valence-corrected chi connectivity index (χ3v) is 5.75.